The third kappa shape index (κ3) is 3.43. The fourth-order valence-corrected chi connectivity index (χ4v) is 3.60. The van der Waals surface area contributed by atoms with Gasteiger partial charge in [0.25, 0.3) is 0 Å². The Bertz CT molecular complexity index is 220. The number of hydrogen-bond donors (Lipinski definition) is 1. The number of aliphatic hydroxyl groups is 1. The molecular formula is C14H27NO2. The molecule has 0 bridgehead atoms. The van der Waals surface area contributed by atoms with E-state index in [1.54, 1.807) is 0 Å². The molecule has 3 heteroatoms. The lowest BCUT2D eigenvalue weighted by Crippen LogP contribution is -2.49. The van der Waals surface area contributed by atoms with Gasteiger partial charge in [0.05, 0.1) is 6.10 Å². The maximum atomic E-state index is 9.18. The molecule has 3 unspecified atom stereocenters. The number of hydrogen-bond acceptors (Lipinski definition) is 3. The highest BCUT2D eigenvalue weighted by atomic mass is 16.5. The van der Waals surface area contributed by atoms with Gasteiger partial charge in [-0.3, -0.25) is 4.90 Å². The van der Waals surface area contributed by atoms with Crippen molar-refractivity contribution < 1.29 is 9.84 Å². The van der Waals surface area contributed by atoms with Crippen LogP contribution in [-0.4, -0.2) is 48.5 Å². The molecular weight excluding hydrogens is 214 g/mol. The van der Waals surface area contributed by atoms with E-state index in [-0.39, 0.29) is 0 Å². The first-order valence-corrected chi connectivity index (χ1v) is 7.24. The highest BCUT2D eigenvalue weighted by molar-refractivity contribution is 4.87. The Labute approximate surface area is 105 Å². The lowest BCUT2D eigenvalue weighted by atomic mass is 9.88. The van der Waals surface area contributed by atoms with Gasteiger partial charge in [0, 0.05) is 25.8 Å². The summed E-state index contributed by atoms with van der Waals surface area (Å²) in [6, 6.07) is 1.32. The van der Waals surface area contributed by atoms with Crippen LogP contribution >= 0.6 is 0 Å². The van der Waals surface area contributed by atoms with E-state index in [9.17, 15) is 5.11 Å². The van der Waals surface area contributed by atoms with Crippen LogP contribution in [0.5, 0.6) is 0 Å². The van der Waals surface area contributed by atoms with E-state index < -0.39 is 0 Å². The molecule has 2 fully saturated rings. The third-order valence-electron chi connectivity index (χ3n) is 4.54. The summed E-state index contributed by atoms with van der Waals surface area (Å²) in [5.74, 6) is 0. The lowest BCUT2D eigenvalue weighted by molar-refractivity contribution is -0.000800. The Hall–Kier alpha value is -0.120. The van der Waals surface area contributed by atoms with Gasteiger partial charge in [-0.25, -0.2) is 0 Å². The van der Waals surface area contributed by atoms with Crippen LogP contribution < -0.4 is 0 Å². The number of methoxy groups -OCH3 is 1. The quantitative estimate of drug-likeness (QED) is 0.819. The Morgan fingerprint density at radius 1 is 1.18 bits per heavy atom. The maximum absolute atomic E-state index is 9.18. The molecule has 1 heterocycles. The van der Waals surface area contributed by atoms with Crippen molar-refractivity contribution in [2.75, 3.05) is 20.3 Å². The van der Waals surface area contributed by atoms with Gasteiger partial charge in [0.1, 0.15) is 0 Å². The first-order chi connectivity index (χ1) is 8.35. The van der Waals surface area contributed by atoms with Crippen molar-refractivity contribution in [2.45, 2.75) is 69.6 Å². The van der Waals surface area contributed by atoms with Crippen LogP contribution in [0.1, 0.15) is 51.4 Å². The fourth-order valence-electron chi connectivity index (χ4n) is 3.60. The van der Waals surface area contributed by atoms with Gasteiger partial charge >= 0.3 is 0 Å². The average molecular weight is 241 g/mol. The molecule has 0 radical (unpaired) electrons. The van der Waals surface area contributed by atoms with Crippen molar-refractivity contribution in [3.05, 3.63) is 0 Å². The second-order valence-corrected chi connectivity index (χ2v) is 5.58. The van der Waals surface area contributed by atoms with Crippen molar-refractivity contribution in [1.82, 2.24) is 4.90 Å². The summed E-state index contributed by atoms with van der Waals surface area (Å²) in [6.07, 6.45) is 10.4. The SMILES string of the molecule is COC1CCCC(N2CCCCC2CCO)C1. The molecule has 0 aromatic heterocycles. The molecule has 1 aliphatic carbocycles. The van der Waals surface area contributed by atoms with Crippen LogP contribution in [0.15, 0.2) is 0 Å². The monoisotopic (exact) mass is 241 g/mol. The standard InChI is InChI=1S/C14H27NO2/c1-17-14-7-4-6-13(11-14)15-9-3-2-5-12(15)8-10-16/h12-14,16H,2-11H2,1H3. The van der Waals surface area contributed by atoms with Crippen LogP contribution in [-0.2, 0) is 4.74 Å². The van der Waals surface area contributed by atoms with Gasteiger partial charge < -0.3 is 9.84 Å². The summed E-state index contributed by atoms with van der Waals surface area (Å²) in [6.45, 7) is 1.56. The minimum absolute atomic E-state index is 0.335. The number of likely N-dealkylation sites (tertiary alicyclic amines) is 1. The first-order valence-electron chi connectivity index (χ1n) is 7.24. The average Bonchev–Trinajstić information content (AvgIpc) is 2.40. The van der Waals surface area contributed by atoms with E-state index in [4.69, 9.17) is 4.74 Å². The fraction of sp³-hybridized carbons (Fsp3) is 1.00. The second kappa shape index (κ2) is 6.72. The first kappa shape index (κ1) is 13.3. The Morgan fingerprint density at radius 3 is 2.82 bits per heavy atom. The van der Waals surface area contributed by atoms with Crippen LogP contribution in [0.2, 0.25) is 0 Å². The number of aliphatic hydroxyl groups excluding tert-OH is 1. The number of ether oxygens (including phenoxy) is 1. The maximum Gasteiger partial charge on any atom is 0.0586 e. The minimum atomic E-state index is 0.335. The molecule has 1 saturated heterocycles. The van der Waals surface area contributed by atoms with Crippen molar-refractivity contribution >= 4 is 0 Å². The van der Waals surface area contributed by atoms with Crippen LogP contribution in [0.25, 0.3) is 0 Å². The molecule has 0 aromatic carbocycles. The number of rotatable bonds is 4. The highest BCUT2D eigenvalue weighted by Gasteiger charge is 2.32. The summed E-state index contributed by atoms with van der Waals surface area (Å²) in [4.78, 5) is 2.67. The summed E-state index contributed by atoms with van der Waals surface area (Å²) in [5.41, 5.74) is 0. The molecule has 0 aromatic rings. The molecule has 0 spiro atoms. The predicted octanol–water partition coefficient (Wildman–Crippen LogP) is 2.18. The second-order valence-electron chi connectivity index (χ2n) is 5.58. The Balaban J connectivity index is 1.92. The van der Waals surface area contributed by atoms with E-state index in [1.165, 1.54) is 51.5 Å². The molecule has 17 heavy (non-hydrogen) atoms. The molecule has 100 valence electrons. The molecule has 1 saturated carbocycles. The molecule has 0 amide bonds. The van der Waals surface area contributed by atoms with Crippen molar-refractivity contribution in [1.29, 1.82) is 0 Å². The Kier molecular flexibility index (Phi) is 5.26. The van der Waals surface area contributed by atoms with Crippen molar-refractivity contribution in [3.63, 3.8) is 0 Å². The number of nitrogens with zero attached hydrogens (tertiary/aromatic N) is 1. The molecule has 3 nitrogen and oxygen atoms in total. The summed E-state index contributed by atoms with van der Waals surface area (Å²) in [7, 11) is 1.84. The van der Waals surface area contributed by atoms with Gasteiger partial charge in [-0.2, -0.15) is 0 Å². The molecule has 1 N–H and O–H groups in total. The van der Waals surface area contributed by atoms with Gasteiger partial charge in [-0.1, -0.05) is 6.42 Å². The highest BCUT2D eigenvalue weighted by Crippen LogP contribution is 2.30. The van der Waals surface area contributed by atoms with Crippen molar-refractivity contribution in [2.24, 2.45) is 0 Å². The smallest absolute Gasteiger partial charge is 0.0586 e. The zero-order chi connectivity index (χ0) is 12.1. The van der Waals surface area contributed by atoms with Gasteiger partial charge in [-0.05, 0) is 51.5 Å². The van der Waals surface area contributed by atoms with Gasteiger partial charge in [-0.15, -0.1) is 0 Å². The lowest BCUT2D eigenvalue weighted by Gasteiger charge is -2.44. The van der Waals surface area contributed by atoms with E-state index in [0.717, 1.165) is 6.42 Å². The summed E-state index contributed by atoms with van der Waals surface area (Å²) in [5, 5.41) is 9.18. The predicted molar refractivity (Wildman–Crippen MR) is 69.1 cm³/mol. The van der Waals surface area contributed by atoms with E-state index in [0.29, 0.717) is 24.8 Å². The van der Waals surface area contributed by atoms with E-state index >= 15 is 0 Å². The summed E-state index contributed by atoms with van der Waals surface area (Å²) >= 11 is 0. The largest absolute Gasteiger partial charge is 0.396 e. The number of piperidine rings is 1. The zero-order valence-corrected chi connectivity index (χ0v) is 11.1. The molecule has 2 rings (SSSR count). The van der Waals surface area contributed by atoms with E-state index in [1.807, 2.05) is 7.11 Å². The summed E-state index contributed by atoms with van der Waals surface area (Å²) < 4.78 is 5.53. The van der Waals surface area contributed by atoms with Crippen molar-refractivity contribution in [3.8, 4) is 0 Å². The van der Waals surface area contributed by atoms with Gasteiger partial charge in [0.15, 0.2) is 0 Å². The minimum Gasteiger partial charge on any atom is -0.396 e. The van der Waals surface area contributed by atoms with Crippen LogP contribution in [0, 0.1) is 0 Å². The Morgan fingerprint density at radius 2 is 2.06 bits per heavy atom. The van der Waals surface area contributed by atoms with Gasteiger partial charge in [0.2, 0.25) is 0 Å². The van der Waals surface area contributed by atoms with Crippen LogP contribution in [0.4, 0.5) is 0 Å². The third-order valence-corrected chi connectivity index (χ3v) is 4.54. The molecule has 3 atom stereocenters. The topological polar surface area (TPSA) is 32.7 Å². The van der Waals surface area contributed by atoms with Crippen LogP contribution in [0.3, 0.4) is 0 Å². The molecule has 2 aliphatic rings. The normalized spacial score (nSPS) is 36.0. The zero-order valence-electron chi connectivity index (χ0n) is 11.1. The molecule has 1 aliphatic heterocycles. The van der Waals surface area contributed by atoms with E-state index in [2.05, 4.69) is 4.90 Å².